The Morgan fingerprint density at radius 3 is 2.16 bits per heavy atom. The Hall–Kier alpha value is -4.46. The lowest BCUT2D eigenvalue weighted by Gasteiger charge is -2.36. The molecule has 4 aromatic rings. The highest BCUT2D eigenvalue weighted by Crippen LogP contribution is 2.35. The van der Waals surface area contributed by atoms with Gasteiger partial charge in [0.25, 0.3) is 0 Å². The van der Waals surface area contributed by atoms with Gasteiger partial charge in [-0.1, -0.05) is 18.2 Å². The lowest BCUT2D eigenvalue weighted by Crippen LogP contribution is -2.50. The Kier molecular flexibility index (Phi) is 9.78. The first-order chi connectivity index (χ1) is 21.2. The molecule has 0 atom stereocenters. The quantitative estimate of drug-likeness (QED) is 0.212. The molecular formula is C31H37N7O5S. The van der Waals surface area contributed by atoms with Crippen LogP contribution in [0.25, 0.3) is 11.0 Å². The molecule has 1 amide bonds. The summed E-state index contributed by atoms with van der Waals surface area (Å²) in [4.78, 5) is 26.9. The number of nitrogens with one attached hydrogen (secondary N) is 2. The number of hydrogen-bond acceptors (Lipinski definition) is 10. The summed E-state index contributed by atoms with van der Waals surface area (Å²) in [7, 11) is -0.134. The van der Waals surface area contributed by atoms with E-state index in [1.165, 1.54) is 0 Å². The number of fused-ring (bicyclic) bond motifs is 1. The third-order valence-corrected chi connectivity index (χ3v) is 8.16. The topological polar surface area (TPSA) is 129 Å². The van der Waals surface area contributed by atoms with Crippen LogP contribution >= 0.6 is 0 Å². The fourth-order valence-corrected chi connectivity index (χ4v) is 5.70. The minimum absolute atomic E-state index is 0.0631. The molecule has 2 N–H and O–H groups in total. The number of amides is 1. The zero-order valence-electron chi connectivity index (χ0n) is 25.2. The first-order valence-corrected chi connectivity index (χ1v) is 15.4. The maximum absolute atomic E-state index is 12.9. The van der Waals surface area contributed by atoms with Crippen molar-refractivity contribution in [1.82, 2.24) is 19.8 Å². The Labute approximate surface area is 258 Å². The summed E-state index contributed by atoms with van der Waals surface area (Å²) in [6, 6.07) is 19.5. The van der Waals surface area contributed by atoms with Crippen molar-refractivity contribution >= 4 is 56.5 Å². The third-order valence-electron chi connectivity index (χ3n) is 7.41. The molecule has 13 heteroatoms. The van der Waals surface area contributed by atoms with Gasteiger partial charge in [-0.2, -0.15) is 0 Å². The average molecular weight is 620 g/mol. The third kappa shape index (κ3) is 7.36. The largest absolute Gasteiger partial charge is 0.497 e. The Morgan fingerprint density at radius 2 is 1.55 bits per heavy atom. The van der Waals surface area contributed by atoms with Crippen LogP contribution in [-0.2, 0) is 15.7 Å². The molecule has 0 bridgehead atoms. The van der Waals surface area contributed by atoms with Gasteiger partial charge < -0.3 is 20.1 Å². The molecule has 12 nitrogen and oxygen atoms in total. The van der Waals surface area contributed by atoms with Gasteiger partial charge in [0.05, 0.1) is 37.5 Å². The molecule has 1 fully saturated rings. The van der Waals surface area contributed by atoms with E-state index in [0.717, 1.165) is 30.5 Å². The van der Waals surface area contributed by atoms with Crippen LogP contribution in [0.15, 0.2) is 66.7 Å². The predicted molar refractivity (Wildman–Crippen MR) is 173 cm³/mol. The number of aromatic nitrogens is 2. The first-order valence-electron chi connectivity index (χ1n) is 14.3. The van der Waals surface area contributed by atoms with Gasteiger partial charge in [0.1, 0.15) is 11.5 Å². The van der Waals surface area contributed by atoms with Crippen LogP contribution in [0.2, 0.25) is 0 Å². The summed E-state index contributed by atoms with van der Waals surface area (Å²) < 4.78 is 37.6. The smallest absolute Gasteiger partial charge is 0.238 e. The van der Waals surface area contributed by atoms with Crippen molar-refractivity contribution in [3.8, 4) is 11.5 Å². The van der Waals surface area contributed by atoms with Crippen molar-refractivity contribution in [3.05, 3.63) is 66.7 Å². The second-order valence-corrected chi connectivity index (χ2v) is 11.5. The normalized spacial score (nSPS) is 14.1. The van der Waals surface area contributed by atoms with Crippen LogP contribution in [0.3, 0.4) is 0 Å². The van der Waals surface area contributed by atoms with Crippen LogP contribution in [-0.4, -0.2) is 87.1 Å². The monoisotopic (exact) mass is 619 g/mol. The number of rotatable bonds is 11. The maximum atomic E-state index is 12.9. The number of nitrogens with zero attached hydrogens (tertiary/aromatic N) is 5. The van der Waals surface area contributed by atoms with Crippen molar-refractivity contribution in [2.45, 2.75) is 19.9 Å². The van der Waals surface area contributed by atoms with Gasteiger partial charge in [0.2, 0.25) is 16.8 Å². The number of piperazine rings is 1. The Balaban J connectivity index is 1.44. The van der Waals surface area contributed by atoms with Crippen LogP contribution in [0, 0.1) is 0 Å². The zero-order valence-corrected chi connectivity index (χ0v) is 26.1. The first kappa shape index (κ1) is 31.0. The molecule has 2 heterocycles. The van der Waals surface area contributed by atoms with Gasteiger partial charge in [-0.05, 0) is 44.2 Å². The molecule has 3 aromatic carbocycles. The van der Waals surface area contributed by atoms with Gasteiger partial charge in [0.15, 0.2) is 11.6 Å². The van der Waals surface area contributed by atoms with Gasteiger partial charge in [-0.3, -0.25) is 14.6 Å². The number of hydrogen-bond donors (Lipinski definition) is 3. The second-order valence-electron chi connectivity index (χ2n) is 10.7. The number of carbonyl (C=O) groups is 1. The minimum atomic E-state index is -3.22. The standard InChI is InChI=1S/C31H37N7O5S/c1-21(2)37-14-12-36(13-15-37)20-29(39)32-22-8-7-9-24(16-22)38(44(40)41)31-30(34-27-10-5-6-11-28(27)35-31)33-23-17-25(42-3)19-26(18-23)43-4/h5-11,16-19,21,44H,12-15,20H2,1-4H3,(H,32,39)(H,33,34). The SMILES string of the molecule is COc1cc(Nc2nc3ccccc3nc2N(c2cccc(NC(=O)CN3CCN(C(C)C)CC3)c2)[SH](=O)=O)cc(OC)c1. The summed E-state index contributed by atoms with van der Waals surface area (Å²) in [6.07, 6.45) is 0. The van der Waals surface area contributed by atoms with Gasteiger partial charge in [-0.15, -0.1) is 0 Å². The molecule has 0 radical (unpaired) electrons. The van der Waals surface area contributed by atoms with Gasteiger partial charge >= 0.3 is 0 Å². The molecule has 0 unspecified atom stereocenters. The van der Waals surface area contributed by atoms with Crippen molar-refractivity contribution in [3.63, 3.8) is 0 Å². The van der Waals surface area contributed by atoms with E-state index in [-0.39, 0.29) is 24.1 Å². The highest BCUT2D eigenvalue weighted by molar-refractivity contribution is 7.74. The molecule has 0 spiro atoms. The summed E-state index contributed by atoms with van der Waals surface area (Å²) in [5, 5.41) is 6.12. The van der Waals surface area contributed by atoms with E-state index in [1.54, 1.807) is 74.9 Å². The number of thiol groups is 1. The fraction of sp³-hybridized carbons (Fsp3) is 0.323. The van der Waals surface area contributed by atoms with Crippen LogP contribution in [0.4, 0.5) is 28.7 Å². The molecule has 232 valence electrons. The van der Waals surface area contributed by atoms with E-state index in [1.807, 2.05) is 6.07 Å². The molecular weight excluding hydrogens is 582 g/mol. The number of ether oxygens (including phenoxy) is 2. The lowest BCUT2D eigenvalue weighted by atomic mass is 10.2. The van der Waals surface area contributed by atoms with E-state index in [9.17, 15) is 13.2 Å². The van der Waals surface area contributed by atoms with Crippen molar-refractivity contribution in [2.24, 2.45) is 0 Å². The summed E-state index contributed by atoms with van der Waals surface area (Å²) in [5.74, 6) is 1.18. The average Bonchev–Trinajstić information content (AvgIpc) is 3.01. The number of benzene rings is 3. The van der Waals surface area contributed by atoms with E-state index in [0.29, 0.717) is 45.6 Å². The highest BCUT2D eigenvalue weighted by Gasteiger charge is 2.23. The van der Waals surface area contributed by atoms with Crippen LogP contribution in [0.1, 0.15) is 13.8 Å². The maximum Gasteiger partial charge on any atom is 0.238 e. The highest BCUT2D eigenvalue weighted by atomic mass is 32.2. The minimum Gasteiger partial charge on any atom is -0.497 e. The van der Waals surface area contributed by atoms with Crippen molar-refractivity contribution in [1.29, 1.82) is 0 Å². The predicted octanol–water partition coefficient (Wildman–Crippen LogP) is 4.02. The zero-order chi connectivity index (χ0) is 31.2. The molecule has 1 saturated heterocycles. The van der Waals surface area contributed by atoms with E-state index >= 15 is 0 Å². The number of carbonyl (C=O) groups excluding carboxylic acids is 1. The second kappa shape index (κ2) is 13.9. The molecule has 1 aromatic heterocycles. The van der Waals surface area contributed by atoms with Gasteiger partial charge in [-0.25, -0.2) is 22.7 Å². The lowest BCUT2D eigenvalue weighted by molar-refractivity contribution is -0.117. The van der Waals surface area contributed by atoms with Crippen molar-refractivity contribution < 1.29 is 22.7 Å². The molecule has 5 rings (SSSR count). The van der Waals surface area contributed by atoms with Crippen LogP contribution in [0.5, 0.6) is 11.5 Å². The Morgan fingerprint density at radius 1 is 0.886 bits per heavy atom. The summed E-state index contributed by atoms with van der Waals surface area (Å²) in [6.45, 7) is 8.05. The molecule has 1 aliphatic rings. The number of para-hydroxylation sites is 2. The van der Waals surface area contributed by atoms with Crippen LogP contribution < -0.4 is 24.4 Å². The summed E-state index contributed by atoms with van der Waals surface area (Å²) in [5.41, 5.74) is 2.41. The Bertz CT molecular complexity index is 1680. The number of methoxy groups -OCH3 is 2. The van der Waals surface area contributed by atoms with E-state index < -0.39 is 10.9 Å². The fourth-order valence-electron chi connectivity index (χ4n) is 5.09. The van der Waals surface area contributed by atoms with Gasteiger partial charge in [0, 0.05) is 61.8 Å². The number of anilines is 5. The van der Waals surface area contributed by atoms with Crippen molar-refractivity contribution in [2.75, 3.05) is 61.9 Å². The summed E-state index contributed by atoms with van der Waals surface area (Å²) >= 11 is 0. The molecule has 0 saturated carbocycles. The van der Waals surface area contributed by atoms with E-state index in [2.05, 4.69) is 34.3 Å². The molecule has 0 aliphatic carbocycles. The molecule has 44 heavy (non-hydrogen) atoms. The molecule has 1 aliphatic heterocycles. The van der Waals surface area contributed by atoms with E-state index in [4.69, 9.17) is 19.4 Å².